The highest BCUT2D eigenvalue weighted by Crippen LogP contribution is 2.24. The van der Waals surface area contributed by atoms with Gasteiger partial charge in [0.15, 0.2) is 0 Å². The van der Waals surface area contributed by atoms with Crippen LogP contribution in [0.2, 0.25) is 0 Å². The molecule has 14 heavy (non-hydrogen) atoms. The first-order chi connectivity index (χ1) is 6.65. The summed E-state index contributed by atoms with van der Waals surface area (Å²) in [6.45, 7) is 6.32. The predicted molar refractivity (Wildman–Crippen MR) is 58.0 cm³/mol. The van der Waals surface area contributed by atoms with Crippen molar-refractivity contribution in [2.75, 3.05) is 0 Å². The Hall–Kier alpha value is -0.890. The summed E-state index contributed by atoms with van der Waals surface area (Å²) < 4.78 is 0. The lowest BCUT2D eigenvalue weighted by Gasteiger charge is -2.16. The van der Waals surface area contributed by atoms with Gasteiger partial charge in [-0.15, -0.1) is 0 Å². The number of hydrogen-bond acceptors (Lipinski definition) is 2. The van der Waals surface area contributed by atoms with Gasteiger partial charge < -0.3 is 5.11 Å². The second-order valence-electron chi connectivity index (χ2n) is 4.00. The molecule has 1 aromatic rings. The maximum absolute atomic E-state index is 9.96. The van der Waals surface area contributed by atoms with E-state index in [4.69, 9.17) is 0 Å². The third kappa shape index (κ3) is 2.81. The number of aliphatic hydroxyl groups is 1. The molecule has 0 aliphatic heterocycles. The fourth-order valence-corrected chi connectivity index (χ4v) is 1.50. The summed E-state index contributed by atoms with van der Waals surface area (Å²) >= 11 is 0. The smallest absolute Gasteiger partial charge is 0.0810 e. The van der Waals surface area contributed by atoms with Gasteiger partial charge in [-0.3, -0.25) is 4.98 Å². The molecule has 78 valence electrons. The lowest BCUT2D eigenvalue weighted by Crippen LogP contribution is -2.05. The average molecular weight is 193 g/mol. The number of aromatic nitrogens is 1. The van der Waals surface area contributed by atoms with Crippen molar-refractivity contribution >= 4 is 0 Å². The Balaban J connectivity index is 2.69. The van der Waals surface area contributed by atoms with Crippen molar-refractivity contribution in [3.05, 3.63) is 29.6 Å². The van der Waals surface area contributed by atoms with Crippen molar-refractivity contribution in [2.45, 2.75) is 39.7 Å². The Morgan fingerprint density at radius 2 is 2.21 bits per heavy atom. The monoisotopic (exact) mass is 193 g/mol. The molecule has 0 spiro atoms. The van der Waals surface area contributed by atoms with Crippen molar-refractivity contribution < 1.29 is 5.11 Å². The molecule has 2 unspecified atom stereocenters. The molecule has 2 nitrogen and oxygen atoms in total. The van der Waals surface area contributed by atoms with Gasteiger partial charge in [-0.1, -0.05) is 20.3 Å². The van der Waals surface area contributed by atoms with Gasteiger partial charge in [0, 0.05) is 18.0 Å². The zero-order chi connectivity index (χ0) is 10.6. The van der Waals surface area contributed by atoms with E-state index in [1.54, 1.807) is 12.4 Å². The summed E-state index contributed by atoms with van der Waals surface area (Å²) in [5.74, 6) is 0.560. The maximum Gasteiger partial charge on any atom is 0.0810 e. The van der Waals surface area contributed by atoms with Crippen LogP contribution in [0.4, 0.5) is 0 Å². The van der Waals surface area contributed by atoms with Gasteiger partial charge in [0.2, 0.25) is 0 Å². The molecule has 2 heteroatoms. The molecule has 1 aromatic heterocycles. The number of aliphatic hydroxyl groups excluding tert-OH is 1. The van der Waals surface area contributed by atoms with Crippen LogP contribution in [0, 0.1) is 12.8 Å². The highest BCUT2D eigenvalue weighted by molar-refractivity contribution is 5.23. The van der Waals surface area contributed by atoms with Gasteiger partial charge >= 0.3 is 0 Å². The van der Waals surface area contributed by atoms with Crippen LogP contribution in [0.1, 0.15) is 43.9 Å². The normalized spacial score (nSPS) is 15.1. The van der Waals surface area contributed by atoms with E-state index in [1.807, 2.05) is 13.0 Å². The highest BCUT2D eigenvalue weighted by Gasteiger charge is 2.13. The molecule has 0 aromatic carbocycles. The van der Waals surface area contributed by atoms with Gasteiger partial charge in [-0.25, -0.2) is 0 Å². The minimum atomic E-state index is -0.362. The fraction of sp³-hybridized carbons (Fsp3) is 0.583. The van der Waals surface area contributed by atoms with Gasteiger partial charge in [-0.05, 0) is 30.9 Å². The van der Waals surface area contributed by atoms with Gasteiger partial charge in [0.25, 0.3) is 0 Å². The zero-order valence-corrected chi connectivity index (χ0v) is 9.20. The van der Waals surface area contributed by atoms with E-state index in [1.165, 1.54) is 0 Å². The molecule has 1 heterocycles. The van der Waals surface area contributed by atoms with E-state index < -0.39 is 0 Å². The fourth-order valence-electron chi connectivity index (χ4n) is 1.50. The molecular weight excluding hydrogens is 174 g/mol. The van der Waals surface area contributed by atoms with Crippen molar-refractivity contribution in [1.82, 2.24) is 4.98 Å². The highest BCUT2D eigenvalue weighted by atomic mass is 16.3. The molecule has 0 aliphatic rings. The Morgan fingerprint density at radius 3 is 2.79 bits per heavy atom. The first-order valence-electron chi connectivity index (χ1n) is 5.23. The minimum Gasteiger partial charge on any atom is -0.388 e. The number of pyridine rings is 1. The lowest BCUT2D eigenvalue weighted by molar-refractivity contribution is 0.145. The molecule has 0 fully saturated rings. The third-order valence-corrected chi connectivity index (χ3v) is 2.76. The van der Waals surface area contributed by atoms with E-state index in [9.17, 15) is 5.11 Å². The van der Waals surface area contributed by atoms with Crippen molar-refractivity contribution in [2.24, 2.45) is 5.92 Å². The van der Waals surface area contributed by atoms with Crippen LogP contribution >= 0.6 is 0 Å². The van der Waals surface area contributed by atoms with E-state index in [-0.39, 0.29) is 6.10 Å². The average Bonchev–Trinajstić information content (AvgIpc) is 2.18. The van der Waals surface area contributed by atoms with Crippen molar-refractivity contribution in [3.8, 4) is 0 Å². The Morgan fingerprint density at radius 1 is 1.50 bits per heavy atom. The van der Waals surface area contributed by atoms with Crippen molar-refractivity contribution in [1.29, 1.82) is 0 Å². The minimum absolute atomic E-state index is 0.362. The third-order valence-electron chi connectivity index (χ3n) is 2.76. The number of nitrogens with zero attached hydrogens (tertiary/aromatic N) is 1. The molecule has 1 rings (SSSR count). The zero-order valence-electron chi connectivity index (χ0n) is 9.20. The summed E-state index contributed by atoms with van der Waals surface area (Å²) in [7, 11) is 0. The number of rotatable bonds is 4. The quantitative estimate of drug-likeness (QED) is 0.797. The predicted octanol–water partition coefficient (Wildman–Crippen LogP) is 2.86. The molecule has 0 radical (unpaired) electrons. The maximum atomic E-state index is 9.96. The number of aryl methyl sites for hydroxylation is 1. The van der Waals surface area contributed by atoms with Crippen LogP contribution in [0.3, 0.4) is 0 Å². The van der Waals surface area contributed by atoms with E-state index in [0.717, 1.165) is 24.0 Å². The van der Waals surface area contributed by atoms with Gasteiger partial charge in [0.1, 0.15) is 0 Å². The molecule has 2 atom stereocenters. The van der Waals surface area contributed by atoms with Crippen LogP contribution < -0.4 is 0 Å². The second-order valence-corrected chi connectivity index (χ2v) is 4.00. The van der Waals surface area contributed by atoms with E-state index >= 15 is 0 Å². The lowest BCUT2D eigenvalue weighted by atomic mass is 9.95. The summed E-state index contributed by atoms with van der Waals surface area (Å²) in [4.78, 5) is 4.04. The molecule has 0 amide bonds. The van der Waals surface area contributed by atoms with E-state index in [0.29, 0.717) is 5.92 Å². The van der Waals surface area contributed by atoms with Crippen LogP contribution in [0.5, 0.6) is 0 Å². The van der Waals surface area contributed by atoms with Crippen LogP contribution in [0.15, 0.2) is 18.5 Å². The molecule has 0 bridgehead atoms. The first-order valence-corrected chi connectivity index (χ1v) is 5.23. The molecule has 1 N–H and O–H groups in total. The molecular formula is C12H19NO. The second kappa shape index (κ2) is 5.11. The Labute approximate surface area is 86.0 Å². The SMILES string of the molecule is CCC(C)CC(O)c1cnccc1C. The first kappa shape index (κ1) is 11.2. The molecule has 0 saturated heterocycles. The largest absolute Gasteiger partial charge is 0.388 e. The Bertz CT molecular complexity index is 285. The summed E-state index contributed by atoms with van der Waals surface area (Å²) in [6.07, 6.45) is 5.09. The number of hydrogen-bond donors (Lipinski definition) is 1. The van der Waals surface area contributed by atoms with Gasteiger partial charge in [0.05, 0.1) is 6.10 Å². The summed E-state index contributed by atoms with van der Waals surface area (Å²) in [6, 6.07) is 1.94. The van der Waals surface area contributed by atoms with E-state index in [2.05, 4.69) is 18.8 Å². The van der Waals surface area contributed by atoms with Gasteiger partial charge in [-0.2, -0.15) is 0 Å². The van der Waals surface area contributed by atoms with Crippen LogP contribution in [0.25, 0.3) is 0 Å². The molecule has 0 aliphatic carbocycles. The van der Waals surface area contributed by atoms with Crippen molar-refractivity contribution in [3.63, 3.8) is 0 Å². The summed E-state index contributed by atoms with van der Waals surface area (Å²) in [5, 5.41) is 9.96. The standard InChI is InChI=1S/C12H19NO/c1-4-9(2)7-12(14)11-8-13-6-5-10(11)3/h5-6,8-9,12,14H,4,7H2,1-3H3. The van der Waals surface area contributed by atoms with Crippen LogP contribution in [-0.2, 0) is 0 Å². The van der Waals surface area contributed by atoms with Crippen LogP contribution in [-0.4, -0.2) is 10.1 Å². The Kier molecular flexibility index (Phi) is 4.08. The summed E-state index contributed by atoms with van der Waals surface area (Å²) in [5.41, 5.74) is 2.09. The molecule has 0 saturated carbocycles. The topological polar surface area (TPSA) is 33.1 Å².